The summed E-state index contributed by atoms with van der Waals surface area (Å²) in [6.45, 7) is 2.59. The molecule has 0 aromatic carbocycles. The van der Waals surface area contributed by atoms with E-state index >= 15 is 0 Å². The standard InChI is InChI=1S/C11H19NO2S/c13-11(9-1-4-14-5-2-9)7-10-8-15-6-3-12-10/h9-10,12H,1-8H2. The maximum Gasteiger partial charge on any atom is 0.137 e. The smallest absolute Gasteiger partial charge is 0.137 e. The highest BCUT2D eigenvalue weighted by molar-refractivity contribution is 7.99. The van der Waals surface area contributed by atoms with Crippen LogP contribution in [0.15, 0.2) is 0 Å². The van der Waals surface area contributed by atoms with Gasteiger partial charge in [-0.1, -0.05) is 0 Å². The van der Waals surface area contributed by atoms with Crippen molar-refractivity contribution in [2.75, 3.05) is 31.3 Å². The molecule has 1 atom stereocenters. The molecule has 86 valence electrons. The normalized spacial score (nSPS) is 28.9. The molecule has 3 nitrogen and oxygen atoms in total. The number of thioether (sulfide) groups is 1. The second-order valence-corrected chi connectivity index (χ2v) is 5.43. The summed E-state index contributed by atoms with van der Waals surface area (Å²) in [7, 11) is 0. The van der Waals surface area contributed by atoms with Crippen LogP contribution >= 0.6 is 11.8 Å². The zero-order valence-corrected chi connectivity index (χ0v) is 9.85. The lowest BCUT2D eigenvalue weighted by molar-refractivity contribution is -0.126. The fourth-order valence-electron chi connectivity index (χ4n) is 2.18. The van der Waals surface area contributed by atoms with E-state index < -0.39 is 0 Å². The number of nitrogens with one attached hydrogen (secondary N) is 1. The third-order valence-corrected chi connectivity index (χ3v) is 4.25. The summed E-state index contributed by atoms with van der Waals surface area (Å²) in [6, 6.07) is 0.416. The van der Waals surface area contributed by atoms with Gasteiger partial charge in [0.25, 0.3) is 0 Å². The van der Waals surface area contributed by atoms with Gasteiger partial charge >= 0.3 is 0 Å². The van der Waals surface area contributed by atoms with Gasteiger partial charge < -0.3 is 10.1 Å². The summed E-state index contributed by atoms with van der Waals surface area (Å²) >= 11 is 1.95. The molecule has 1 unspecified atom stereocenters. The molecule has 0 aliphatic carbocycles. The topological polar surface area (TPSA) is 38.3 Å². The van der Waals surface area contributed by atoms with E-state index in [0.717, 1.165) is 44.8 Å². The van der Waals surface area contributed by atoms with Crippen molar-refractivity contribution in [3.63, 3.8) is 0 Å². The molecule has 0 amide bonds. The van der Waals surface area contributed by atoms with Gasteiger partial charge in [-0.2, -0.15) is 11.8 Å². The van der Waals surface area contributed by atoms with Gasteiger partial charge in [0.05, 0.1) is 0 Å². The van der Waals surface area contributed by atoms with E-state index in [1.165, 1.54) is 5.75 Å². The average molecular weight is 229 g/mol. The summed E-state index contributed by atoms with van der Waals surface area (Å²) in [5, 5.41) is 3.42. The van der Waals surface area contributed by atoms with Crippen molar-refractivity contribution in [1.29, 1.82) is 0 Å². The van der Waals surface area contributed by atoms with Crippen molar-refractivity contribution in [3.05, 3.63) is 0 Å². The van der Waals surface area contributed by atoms with Crippen LogP contribution in [0, 0.1) is 5.92 Å². The van der Waals surface area contributed by atoms with Gasteiger partial charge in [0, 0.05) is 49.6 Å². The Morgan fingerprint density at radius 3 is 2.87 bits per heavy atom. The number of ether oxygens (including phenoxy) is 1. The minimum absolute atomic E-state index is 0.271. The zero-order chi connectivity index (χ0) is 10.5. The molecule has 0 bridgehead atoms. The molecule has 15 heavy (non-hydrogen) atoms. The maximum absolute atomic E-state index is 12.0. The zero-order valence-electron chi connectivity index (χ0n) is 9.04. The Labute approximate surface area is 95.3 Å². The first-order valence-corrected chi connectivity index (χ1v) is 6.93. The molecule has 0 radical (unpaired) electrons. The molecule has 2 aliphatic rings. The van der Waals surface area contributed by atoms with Gasteiger partial charge in [-0.25, -0.2) is 0 Å². The van der Waals surface area contributed by atoms with E-state index in [1.54, 1.807) is 0 Å². The number of rotatable bonds is 3. The molecule has 2 aliphatic heterocycles. The van der Waals surface area contributed by atoms with Crippen LogP contribution in [0.25, 0.3) is 0 Å². The molecule has 2 fully saturated rings. The summed E-state index contributed by atoms with van der Waals surface area (Å²) in [6.07, 6.45) is 2.58. The highest BCUT2D eigenvalue weighted by Crippen LogP contribution is 2.19. The Balaban J connectivity index is 1.74. The van der Waals surface area contributed by atoms with Crippen molar-refractivity contribution >= 4 is 17.5 Å². The molecule has 0 aromatic rings. The number of hydrogen-bond acceptors (Lipinski definition) is 4. The molecule has 2 heterocycles. The Kier molecular flexibility index (Phi) is 4.47. The first-order chi connectivity index (χ1) is 7.36. The Hall–Kier alpha value is -0.0600. The van der Waals surface area contributed by atoms with Crippen molar-refractivity contribution in [1.82, 2.24) is 5.32 Å². The van der Waals surface area contributed by atoms with E-state index in [-0.39, 0.29) is 5.92 Å². The van der Waals surface area contributed by atoms with E-state index in [2.05, 4.69) is 5.32 Å². The van der Waals surface area contributed by atoms with Crippen molar-refractivity contribution < 1.29 is 9.53 Å². The number of ketones is 1. The van der Waals surface area contributed by atoms with E-state index in [4.69, 9.17) is 4.74 Å². The number of Topliss-reactive ketones (excluding diaryl/α,β-unsaturated/α-hetero) is 1. The van der Waals surface area contributed by atoms with Gasteiger partial charge in [-0.3, -0.25) is 4.79 Å². The maximum atomic E-state index is 12.0. The molecule has 4 heteroatoms. The van der Waals surface area contributed by atoms with Gasteiger partial charge in [0.2, 0.25) is 0 Å². The number of hydrogen-bond donors (Lipinski definition) is 1. The fraction of sp³-hybridized carbons (Fsp3) is 0.909. The summed E-state index contributed by atoms with van der Waals surface area (Å²) < 4.78 is 5.27. The van der Waals surface area contributed by atoms with Crippen molar-refractivity contribution in [3.8, 4) is 0 Å². The lowest BCUT2D eigenvalue weighted by atomic mass is 9.92. The summed E-state index contributed by atoms with van der Waals surface area (Å²) in [5.74, 6) is 2.99. The molecule has 0 saturated carbocycles. The van der Waals surface area contributed by atoms with Crippen LogP contribution in [-0.2, 0) is 9.53 Å². The predicted molar refractivity (Wildman–Crippen MR) is 62.3 cm³/mol. The Morgan fingerprint density at radius 1 is 1.40 bits per heavy atom. The summed E-state index contributed by atoms with van der Waals surface area (Å²) in [4.78, 5) is 12.0. The number of carbonyl (C=O) groups excluding carboxylic acids is 1. The third kappa shape index (κ3) is 3.47. The van der Waals surface area contributed by atoms with Crippen LogP contribution in [0.1, 0.15) is 19.3 Å². The molecule has 0 aromatic heterocycles. The highest BCUT2D eigenvalue weighted by atomic mass is 32.2. The second kappa shape index (κ2) is 5.87. The first kappa shape index (κ1) is 11.4. The Morgan fingerprint density at radius 2 is 2.20 bits per heavy atom. The van der Waals surface area contributed by atoms with E-state index in [1.807, 2.05) is 11.8 Å². The average Bonchev–Trinajstić information content (AvgIpc) is 2.31. The predicted octanol–water partition coefficient (Wildman–Crippen LogP) is 1.08. The van der Waals surface area contributed by atoms with Gasteiger partial charge in [-0.15, -0.1) is 0 Å². The summed E-state index contributed by atoms with van der Waals surface area (Å²) in [5.41, 5.74) is 0. The van der Waals surface area contributed by atoms with Crippen LogP contribution in [0.5, 0.6) is 0 Å². The van der Waals surface area contributed by atoms with Crippen LogP contribution in [0.4, 0.5) is 0 Å². The van der Waals surface area contributed by atoms with Crippen LogP contribution in [-0.4, -0.2) is 43.1 Å². The van der Waals surface area contributed by atoms with Gasteiger partial charge in [0.1, 0.15) is 5.78 Å². The first-order valence-electron chi connectivity index (χ1n) is 5.78. The van der Waals surface area contributed by atoms with E-state index in [9.17, 15) is 4.79 Å². The molecular weight excluding hydrogens is 210 g/mol. The third-order valence-electron chi connectivity index (χ3n) is 3.12. The SMILES string of the molecule is O=C(CC1CSCCN1)C1CCOCC1. The largest absolute Gasteiger partial charge is 0.381 e. The van der Waals surface area contributed by atoms with Crippen molar-refractivity contribution in [2.24, 2.45) is 5.92 Å². The van der Waals surface area contributed by atoms with Crippen LogP contribution in [0.2, 0.25) is 0 Å². The minimum atomic E-state index is 0.271. The molecule has 0 spiro atoms. The monoisotopic (exact) mass is 229 g/mol. The van der Waals surface area contributed by atoms with Crippen LogP contribution < -0.4 is 5.32 Å². The lowest BCUT2D eigenvalue weighted by Crippen LogP contribution is -2.40. The van der Waals surface area contributed by atoms with Crippen molar-refractivity contribution in [2.45, 2.75) is 25.3 Å². The minimum Gasteiger partial charge on any atom is -0.381 e. The fourth-order valence-corrected chi connectivity index (χ4v) is 3.13. The Bertz CT molecular complexity index is 211. The molecular formula is C11H19NO2S. The van der Waals surface area contributed by atoms with E-state index in [0.29, 0.717) is 11.8 Å². The van der Waals surface area contributed by atoms with Gasteiger partial charge in [-0.05, 0) is 12.8 Å². The molecule has 2 saturated heterocycles. The molecule has 2 rings (SSSR count). The quantitative estimate of drug-likeness (QED) is 0.786. The highest BCUT2D eigenvalue weighted by Gasteiger charge is 2.24. The van der Waals surface area contributed by atoms with Crippen LogP contribution in [0.3, 0.4) is 0 Å². The second-order valence-electron chi connectivity index (χ2n) is 4.28. The lowest BCUT2D eigenvalue weighted by Gasteiger charge is -2.26. The van der Waals surface area contributed by atoms with Gasteiger partial charge in [0.15, 0.2) is 0 Å². The number of carbonyl (C=O) groups is 1. The molecule has 1 N–H and O–H groups in total.